The summed E-state index contributed by atoms with van der Waals surface area (Å²) in [6.45, 7) is 0. The quantitative estimate of drug-likeness (QED) is 0.599. The van der Waals surface area contributed by atoms with Gasteiger partial charge in [-0.1, -0.05) is 0 Å². The fraction of sp³-hybridized carbons (Fsp3) is 0.222. The van der Waals surface area contributed by atoms with E-state index in [0.29, 0.717) is 0 Å². The Bertz CT molecular complexity index is 489. The summed E-state index contributed by atoms with van der Waals surface area (Å²) in [5.74, 6) is 0. The van der Waals surface area contributed by atoms with Crippen LogP contribution in [0.5, 0.6) is 0 Å². The largest absolute Gasteiger partial charge is 0.417 e. The molecule has 1 aromatic heterocycles. The summed E-state index contributed by atoms with van der Waals surface area (Å²) in [5.41, 5.74) is -5.23. The monoisotopic (exact) mass is 250 g/mol. The van der Waals surface area contributed by atoms with E-state index >= 15 is 0 Å². The van der Waals surface area contributed by atoms with Crippen LogP contribution in [0, 0.1) is 11.3 Å². The second-order valence-corrected chi connectivity index (χ2v) is 2.88. The second-order valence-electron chi connectivity index (χ2n) is 2.88. The zero-order valence-corrected chi connectivity index (χ0v) is 7.92. The third kappa shape index (κ3) is 2.38. The number of carbonyl (C=O) groups excluding carboxylic acids is 1. The number of aldehydes is 1. The van der Waals surface area contributed by atoms with Crippen LogP contribution in [0.2, 0.25) is 0 Å². The third-order valence-electron chi connectivity index (χ3n) is 1.89. The molecule has 0 atom stereocenters. The minimum absolute atomic E-state index is 0.249. The Kier molecular flexibility index (Phi) is 3.41. The van der Waals surface area contributed by atoms with Crippen molar-refractivity contribution in [3.05, 3.63) is 28.6 Å². The highest BCUT2D eigenvalue weighted by atomic mass is 19.4. The Morgan fingerprint density at radius 1 is 1.41 bits per heavy atom. The van der Waals surface area contributed by atoms with Crippen LogP contribution < -0.4 is 0 Å². The molecule has 0 aliphatic carbocycles. The lowest BCUT2D eigenvalue weighted by molar-refractivity contribution is -0.139. The Labute approximate surface area is 91.5 Å². The molecule has 0 N–H and O–H groups in total. The molecule has 8 heteroatoms. The molecule has 0 spiro atoms. The Morgan fingerprint density at radius 3 is 2.35 bits per heavy atom. The predicted octanol–water partition coefficient (Wildman–Crippen LogP) is 2.72. The Morgan fingerprint density at radius 2 is 2.00 bits per heavy atom. The van der Waals surface area contributed by atoms with E-state index in [1.54, 1.807) is 0 Å². The molecule has 0 aliphatic rings. The third-order valence-corrected chi connectivity index (χ3v) is 1.89. The van der Waals surface area contributed by atoms with Gasteiger partial charge in [-0.2, -0.15) is 18.4 Å². The van der Waals surface area contributed by atoms with Gasteiger partial charge in [0.15, 0.2) is 12.0 Å². The van der Waals surface area contributed by atoms with Gasteiger partial charge in [0.2, 0.25) is 0 Å². The molecule has 0 amide bonds. The molecule has 1 heterocycles. The maximum atomic E-state index is 12.5. The van der Waals surface area contributed by atoms with Gasteiger partial charge in [-0.05, 0) is 0 Å². The van der Waals surface area contributed by atoms with E-state index in [2.05, 4.69) is 4.98 Å². The summed E-state index contributed by atoms with van der Waals surface area (Å²) in [4.78, 5) is 13.6. The van der Waals surface area contributed by atoms with Crippen LogP contribution in [0.3, 0.4) is 0 Å². The van der Waals surface area contributed by atoms with Gasteiger partial charge in [0.25, 0.3) is 6.43 Å². The zero-order valence-electron chi connectivity index (χ0n) is 7.92. The van der Waals surface area contributed by atoms with Crippen LogP contribution in [0.1, 0.15) is 33.6 Å². The second kappa shape index (κ2) is 4.45. The van der Waals surface area contributed by atoms with E-state index in [4.69, 9.17) is 5.26 Å². The van der Waals surface area contributed by atoms with Crippen molar-refractivity contribution in [3.63, 3.8) is 0 Å². The number of halogens is 5. The maximum Gasteiger partial charge on any atom is 0.417 e. The predicted molar refractivity (Wildman–Crippen MR) is 44.3 cm³/mol. The highest BCUT2D eigenvalue weighted by molar-refractivity contribution is 5.81. The molecule has 1 aromatic rings. The van der Waals surface area contributed by atoms with E-state index in [1.807, 2.05) is 0 Å². The number of hydrogen-bond acceptors (Lipinski definition) is 3. The van der Waals surface area contributed by atoms with Gasteiger partial charge < -0.3 is 0 Å². The molecule has 0 saturated carbocycles. The topological polar surface area (TPSA) is 53.8 Å². The first kappa shape index (κ1) is 13.0. The van der Waals surface area contributed by atoms with E-state index in [1.165, 1.54) is 6.07 Å². The minimum Gasteiger partial charge on any atom is -0.298 e. The molecule has 90 valence electrons. The fourth-order valence-electron chi connectivity index (χ4n) is 1.23. The first-order valence-corrected chi connectivity index (χ1v) is 4.06. The first-order valence-electron chi connectivity index (χ1n) is 4.06. The lowest BCUT2D eigenvalue weighted by Gasteiger charge is -2.14. The van der Waals surface area contributed by atoms with E-state index in [-0.39, 0.29) is 12.5 Å². The van der Waals surface area contributed by atoms with E-state index in [0.717, 1.165) is 0 Å². The molecule has 0 radical (unpaired) electrons. The smallest absolute Gasteiger partial charge is 0.298 e. The van der Waals surface area contributed by atoms with Gasteiger partial charge in [0.05, 0.1) is 11.1 Å². The summed E-state index contributed by atoms with van der Waals surface area (Å²) >= 11 is 0. The first-order chi connectivity index (χ1) is 7.82. The van der Waals surface area contributed by atoms with Crippen molar-refractivity contribution < 1.29 is 26.7 Å². The van der Waals surface area contributed by atoms with Crippen LogP contribution in [0.25, 0.3) is 0 Å². The molecule has 17 heavy (non-hydrogen) atoms. The standard InChI is InChI=1S/C9H3F5N2O/c10-8(11)4-2-16-6(1-15)5(3-17)7(4)9(12,13)14/h2-3,8H. The SMILES string of the molecule is N#Cc1ncc(C(F)F)c(C(F)(F)F)c1C=O. The molecule has 1 rings (SSSR count). The minimum atomic E-state index is -5.16. The van der Waals surface area contributed by atoms with Crippen molar-refractivity contribution in [2.24, 2.45) is 0 Å². The highest BCUT2D eigenvalue weighted by Gasteiger charge is 2.39. The summed E-state index contributed by atoms with van der Waals surface area (Å²) < 4.78 is 62.4. The van der Waals surface area contributed by atoms with E-state index < -0.39 is 35.0 Å². The number of rotatable bonds is 2. The lowest BCUT2D eigenvalue weighted by Crippen LogP contribution is -2.15. The summed E-state index contributed by atoms with van der Waals surface area (Å²) in [7, 11) is 0. The highest BCUT2D eigenvalue weighted by Crippen LogP contribution is 2.38. The summed E-state index contributed by atoms with van der Waals surface area (Å²) in [5, 5.41) is 8.44. The van der Waals surface area contributed by atoms with Crippen LogP contribution in [-0.4, -0.2) is 11.3 Å². The molecule has 0 aliphatic heterocycles. The molecule has 0 unspecified atom stereocenters. The zero-order chi connectivity index (χ0) is 13.2. The van der Waals surface area contributed by atoms with Crippen LogP contribution in [0.4, 0.5) is 22.0 Å². The number of aromatic nitrogens is 1. The Balaban J connectivity index is 3.70. The average molecular weight is 250 g/mol. The van der Waals surface area contributed by atoms with Gasteiger partial charge in [0, 0.05) is 11.8 Å². The van der Waals surface area contributed by atoms with Crippen LogP contribution in [0.15, 0.2) is 6.20 Å². The molecule has 0 fully saturated rings. The number of hydrogen-bond donors (Lipinski definition) is 0. The maximum absolute atomic E-state index is 12.5. The van der Waals surface area contributed by atoms with Crippen LogP contribution >= 0.6 is 0 Å². The molecular formula is C9H3F5N2O. The average Bonchev–Trinajstić information content (AvgIpc) is 2.25. The van der Waals surface area contributed by atoms with Crippen molar-refractivity contribution in [1.82, 2.24) is 4.98 Å². The van der Waals surface area contributed by atoms with Crippen molar-refractivity contribution in [1.29, 1.82) is 5.26 Å². The van der Waals surface area contributed by atoms with E-state index in [9.17, 15) is 26.7 Å². The lowest BCUT2D eigenvalue weighted by atomic mass is 10.0. The van der Waals surface area contributed by atoms with Crippen molar-refractivity contribution in [3.8, 4) is 6.07 Å². The van der Waals surface area contributed by atoms with Gasteiger partial charge in [0.1, 0.15) is 6.07 Å². The summed E-state index contributed by atoms with van der Waals surface area (Å²) in [6, 6.07) is 1.24. The van der Waals surface area contributed by atoms with Crippen molar-refractivity contribution >= 4 is 6.29 Å². The fourth-order valence-corrected chi connectivity index (χ4v) is 1.23. The van der Waals surface area contributed by atoms with Crippen LogP contribution in [-0.2, 0) is 6.18 Å². The van der Waals surface area contributed by atoms with Gasteiger partial charge in [-0.25, -0.2) is 13.8 Å². The summed E-state index contributed by atoms with van der Waals surface area (Å²) in [6.07, 6.45) is -8.65. The number of alkyl halides is 5. The van der Waals surface area contributed by atoms with Gasteiger partial charge in [-0.15, -0.1) is 0 Å². The molecule has 0 aromatic carbocycles. The van der Waals surface area contributed by atoms with Gasteiger partial charge >= 0.3 is 6.18 Å². The molecule has 3 nitrogen and oxygen atoms in total. The van der Waals surface area contributed by atoms with Crippen molar-refractivity contribution in [2.75, 3.05) is 0 Å². The molecular weight excluding hydrogens is 247 g/mol. The number of carbonyl (C=O) groups is 1. The van der Waals surface area contributed by atoms with Gasteiger partial charge in [-0.3, -0.25) is 4.79 Å². The number of nitriles is 1. The number of nitrogens with zero attached hydrogens (tertiary/aromatic N) is 2. The number of pyridine rings is 1. The Hall–Kier alpha value is -2.04. The molecule has 0 saturated heterocycles. The van der Waals surface area contributed by atoms with Crippen molar-refractivity contribution in [2.45, 2.75) is 12.6 Å². The normalized spacial score (nSPS) is 11.4. The molecule has 0 bridgehead atoms.